The van der Waals surface area contributed by atoms with Gasteiger partial charge in [-0.15, -0.1) is 0 Å². The van der Waals surface area contributed by atoms with E-state index in [9.17, 15) is 0 Å². The highest BCUT2D eigenvalue weighted by atomic mass is 15.1. The molecule has 2 aromatic rings. The molecule has 3 rings (SSSR count). The lowest BCUT2D eigenvalue weighted by atomic mass is 9.99. The van der Waals surface area contributed by atoms with Crippen LogP contribution >= 0.6 is 0 Å². The standard InChI is InChI=1S/C17H20N2/c1-18-16-7-9-17(10-8-16)19-12-11-15(13-19)14-5-3-2-4-6-14/h2-10,15,18H,11-13H2,1H3. The van der Waals surface area contributed by atoms with Gasteiger partial charge in [0, 0.05) is 37.4 Å². The quantitative estimate of drug-likeness (QED) is 0.895. The van der Waals surface area contributed by atoms with Crippen molar-refractivity contribution in [1.82, 2.24) is 0 Å². The molecule has 0 amide bonds. The van der Waals surface area contributed by atoms with E-state index in [2.05, 4.69) is 64.8 Å². The van der Waals surface area contributed by atoms with Crippen LogP contribution in [0.5, 0.6) is 0 Å². The van der Waals surface area contributed by atoms with Crippen LogP contribution in [0, 0.1) is 0 Å². The van der Waals surface area contributed by atoms with Gasteiger partial charge in [-0.1, -0.05) is 30.3 Å². The highest BCUT2D eigenvalue weighted by molar-refractivity contribution is 5.55. The fraction of sp³-hybridized carbons (Fsp3) is 0.294. The van der Waals surface area contributed by atoms with E-state index in [1.807, 2.05) is 7.05 Å². The highest BCUT2D eigenvalue weighted by Crippen LogP contribution is 2.30. The molecule has 0 saturated carbocycles. The molecular weight excluding hydrogens is 232 g/mol. The third-order valence-corrected chi connectivity index (χ3v) is 3.98. The van der Waals surface area contributed by atoms with Crippen molar-refractivity contribution in [2.24, 2.45) is 0 Å². The first kappa shape index (κ1) is 12.1. The molecule has 19 heavy (non-hydrogen) atoms. The van der Waals surface area contributed by atoms with E-state index in [-0.39, 0.29) is 0 Å². The van der Waals surface area contributed by atoms with E-state index in [1.165, 1.54) is 23.4 Å². The third-order valence-electron chi connectivity index (χ3n) is 3.98. The number of anilines is 2. The van der Waals surface area contributed by atoms with Gasteiger partial charge in [-0.25, -0.2) is 0 Å². The summed E-state index contributed by atoms with van der Waals surface area (Å²) in [5, 5.41) is 3.16. The molecule has 0 aromatic heterocycles. The molecule has 1 saturated heterocycles. The van der Waals surface area contributed by atoms with Crippen molar-refractivity contribution in [2.45, 2.75) is 12.3 Å². The van der Waals surface area contributed by atoms with E-state index < -0.39 is 0 Å². The van der Waals surface area contributed by atoms with Gasteiger partial charge >= 0.3 is 0 Å². The largest absolute Gasteiger partial charge is 0.388 e. The lowest BCUT2D eigenvalue weighted by molar-refractivity contribution is 0.775. The van der Waals surface area contributed by atoms with Crippen LogP contribution in [-0.4, -0.2) is 20.1 Å². The van der Waals surface area contributed by atoms with Crippen molar-refractivity contribution in [3.8, 4) is 0 Å². The van der Waals surface area contributed by atoms with Crippen LogP contribution in [-0.2, 0) is 0 Å². The van der Waals surface area contributed by atoms with Crippen molar-refractivity contribution >= 4 is 11.4 Å². The average molecular weight is 252 g/mol. The van der Waals surface area contributed by atoms with Crippen LogP contribution in [0.4, 0.5) is 11.4 Å². The molecule has 1 heterocycles. The van der Waals surface area contributed by atoms with Gasteiger partial charge in [0.25, 0.3) is 0 Å². The smallest absolute Gasteiger partial charge is 0.0367 e. The summed E-state index contributed by atoms with van der Waals surface area (Å²) in [6.45, 7) is 2.28. The van der Waals surface area contributed by atoms with Gasteiger partial charge in [0.05, 0.1) is 0 Å². The molecule has 1 atom stereocenters. The Balaban J connectivity index is 1.71. The van der Waals surface area contributed by atoms with Crippen LogP contribution in [0.2, 0.25) is 0 Å². The van der Waals surface area contributed by atoms with E-state index >= 15 is 0 Å². The predicted octanol–water partition coefficient (Wildman–Crippen LogP) is 3.72. The predicted molar refractivity (Wildman–Crippen MR) is 82.0 cm³/mol. The second-order valence-corrected chi connectivity index (χ2v) is 5.14. The maximum Gasteiger partial charge on any atom is 0.0367 e. The van der Waals surface area contributed by atoms with Gasteiger partial charge in [-0.3, -0.25) is 0 Å². The molecule has 2 heteroatoms. The van der Waals surface area contributed by atoms with Crippen LogP contribution in [0.1, 0.15) is 17.9 Å². The van der Waals surface area contributed by atoms with Crippen LogP contribution < -0.4 is 10.2 Å². The Morgan fingerprint density at radius 2 is 1.74 bits per heavy atom. The zero-order valence-electron chi connectivity index (χ0n) is 11.3. The Morgan fingerprint density at radius 3 is 2.42 bits per heavy atom. The van der Waals surface area contributed by atoms with Crippen molar-refractivity contribution in [3.63, 3.8) is 0 Å². The summed E-state index contributed by atoms with van der Waals surface area (Å²) in [6.07, 6.45) is 1.25. The summed E-state index contributed by atoms with van der Waals surface area (Å²) in [5.41, 5.74) is 3.97. The molecule has 0 radical (unpaired) electrons. The molecule has 98 valence electrons. The number of rotatable bonds is 3. The zero-order chi connectivity index (χ0) is 13.1. The molecule has 1 N–H and O–H groups in total. The maximum atomic E-state index is 3.16. The molecule has 2 nitrogen and oxygen atoms in total. The number of nitrogens with zero attached hydrogens (tertiary/aromatic N) is 1. The van der Waals surface area contributed by atoms with Gasteiger partial charge in [0.1, 0.15) is 0 Å². The van der Waals surface area contributed by atoms with Crippen LogP contribution in [0.3, 0.4) is 0 Å². The minimum atomic E-state index is 0.671. The maximum absolute atomic E-state index is 3.16. The van der Waals surface area contributed by atoms with E-state index in [0.717, 1.165) is 13.1 Å². The van der Waals surface area contributed by atoms with Gasteiger partial charge < -0.3 is 10.2 Å². The summed E-state index contributed by atoms with van der Waals surface area (Å²) in [6, 6.07) is 19.6. The summed E-state index contributed by atoms with van der Waals surface area (Å²) in [5.74, 6) is 0.671. The molecule has 1 aliphatic heterocycles. The van der Waals surface area contributed by atoms with Gasteiger partial charge in [0.2, 0.25) is 0 Å². The fourth-order valence-corrected chi connectivity index (χ4v) is 2.83. The second kappa shape index (κ2) is 5.35. The van der Waals surface area contributed by atoms with Gasteiger partial charge in [-0.05, 0) is 36.2 Å². The number of hydrogen-bond acceptors (Lipinski definition) is 2. The van der Waals surface area contributed by atoms with Crippen LogP contribution in [0.25, 0.3) is 0 Å². The summed E-state index contributed by atoms with van der Waals surface area (Å²) < 4.78 is 0. The zero-order valence-corrected chi connectivity index (χ0v) is 11.3. The third kappa shape index (κ3) is 2.58. The van der Waals surface area contributed by atoms with Crippen molar-refractivity contribution in [3.05, 3.63) is 60.2 Å². The minimum Gasteiger partial charge on any atom is -0.388 e. The summed E-state index contributed by atoms with van der Waals surface area (Å²) >= 11 is 0. The monoisotopic (exact) mass is 252 g/mol. The minimum absolute atomic E-state index is 0.671. The molecule has 0 bridgehead atoms. The lowest BCUT2D eigenvalue weighted by Crippen LogP contribution is -2.18. The topological polar surface area (TPSA) is 15.3 Å². The number of benzene rings is 2. The Morgan fingerprint density at radius 1 is 1.00 bits per heavy atom. The summed E-state index contributed by atoms with van der Waals surface area (Å²) in [7, 11) is 1.95. The molecule has 0 spiro atoms. The molecule has 1 unspecified atom stereocenters. The lowest BCUT2D eigenvalue weighted by Gasteiger charge is -2.19. The van der Waals surface area contributed by atoms with Crippen molar-refractivity contribution < 1.29 is 0 Å². The molecule has 1 fully saturated rings. The first-order chi connectivity index (χ1) is 9.36. The van der Waals surface area contributed by atoms with Gasteiger partial charge in [-0.2, -0.15) is 0 Å². The molecular formula is C17H20N2. The van der Waals surface area contributed by atoms with E-state index in [4.69, 9.17) is 0 Å². The molecule has 2 aromatic carbocycles. The Hall–Kier alpha value is -1.96. The van der Waals surface area contributed by atoms with Gasteiger partial charge in [0.15, 0.2) is 0 Å². The van der Waals surface area contributed by atoms with E-state index in [1.54, 1.807) is 0 Å². The SMILES string of the molecule is CNc1ccc(N2CCC(c3ccccc3)C2)cc1. The highest BCUT2D eigenvalue weighted by Gasteiger charge is 2.23. The van der Waals surface area contributed by atoms with Crippen LogP contribution in [0.15, 0.2) is 54.6 Å². The first-order valence-corrected chi connectivity index (χ1v) is 6.94. The van der Waals surface area contributed by atoms with E-state index in [0.29, 0.717) is 5.92 Å². The Kier molecular flexibility index (Phi) is 3.41. The Labute approximate surface area is 115 Å². The summed E-state index contributed by atoms with van der Waals surface area (Å²) in [4.78, 5) is 2.48. The molecule has 0 aliphatic carbocycles. The van der Waals surface area contributed by atoms with Crippen molar-refractivity contribution in [2.75, 3.05) is 30.4 Å². The van der Waals surface area contributed by atoms with Crippen molar-refractivity contribution in [1.29, 1.82) is 0 Å². The Bertz CT molecular complexity index is 519. The normalized spacial score (nSPS) is 18.6. The first-order valence-electron chi connectivity index (χ1n) is 6.94. The fourth-order valence-electron chi connectivity index (χ4n) is 2.83. The average Bonchev–Trinajstić information content (AvgIpc) is 2.98. The molecule has 1 aliphatic rings. The second-order valence-electron chi connectivity index (χ2n) is 5.14. The number of hydrogen-bond donors (Lipinski definition) is 1. The number of nitrogens with one attached hydrogen (secondary N) is 1.